The molecule has 3 rings (SSSR count). The Morgan fingerprint density at radius 1 is 1.11 bits per heavy atom. The minimum Gasteiger partial charge on any atom is -0.497 e. The third-order valence-electron chi connectivity index (χ3n) is 2.93. The van der Waals surface area contributed by atoms with Gasteiger partial charge in [0.25, 0.3) is 0 Å². The molecule has 1 heterocycles. The van der Waals surface area contributed by atoms with E-state index in [1.807, 2.05) is 47.0 Å². The zero-order chi connectivity index (χ0) is 12.5. The summed E-state index contributed by atoms with van der Waals surface area (Å²) in [7, 11) is 1.65. The molecule has 0 fully saturated rings. The summed E-state index contributed by atoms with van der Waals surface area (Å²) in [5, 5.41) is 0. The number of nitrogens with zero attached hydrogens (tertiary/aromatic N) is 2. The van der Waals surface area contributed by atoms with Crippen molar-refractivity contribution in [2.75, 3.05) is 12.8 Å². The van der Waals surface area contributed by atoms with Crippen molar-refractivity contribution in [1.29, 1.82) is 0 Å². The Morgan fingerprint density at radius 3 is 2.61 bits per heavy atom. The number of rotatable bonds is 2. The molecule has 0 aliphatic carbocycles. The normalized spacial score (nSPS) is 10.7. The van der Waals surface area contributed by atoms with Crippen molar-refractivity contribution in [2.24, 2.45) is 0 Å². The van der Waals surface area contributed by atoms with Gasteiger partial charge in [0.15, 0.2) is 0 Å². The quantitative estimate of drug-likeness (QED) is 0.699. The van der Waals surface area contributed by atoms with Crippen molar-refractivity contribution in [1.82, 2.24) is 9.55 Å². The summed E-state index contributed by atoms with van der Waals surface area (Å²) >= 11 is 0. The zero-order valence-corrected chi connectivity index (χ0v) is 10.00. The minimum atomic E-state index is 0.754. The second-order valence-corrected chi connectivity index (χ2v) is 4.06. The molecule has 90 valence electrons. The molecule has 0 unspecified atom stereocenters. The molecule has 0 aliphatic rings. The molecule has 3 aromatic rings. The Hall–Kier alpha value is -2.49. The van der Waals surface area contributed by atoms with Crippen LogP contribution in [0, 0.1) is 0 Å². The molecule has 4 heteroatoms. The summed E-state index contributed by atoms with van der Waals surface area (Å²) in [5.74, 6) is 0.810. The minimum absolute atomic E-state index is 0.754. The molecule has 0 aliphatic heterocycles. The fourth-order valence-corrected chi connectivity index (χ4v) is 1.96. The van der Waals surface area contributed by atoms with Crippen LogP contribution in [0.2, 0.25) is 0 Å². The Labute approximate surface area is 105 Å². The number of imidazole rings is 1. The maximum Gasteiger partial charge on any atom is 0.121 e. The van der Waals surface area contributed by atoms with Gasteiger partial charge in [0.05, 0.1) is 18.1 Å². The third kappa shape index (κ3) is 1.68. The standard InChI is InChI=1S/C14H13N3O/c1-18-12-6-7-14-13(8-12)16-9-17(14)11-4-2-10(15)3-5-11/h2-9H,15H2,1H3. The van der Waals surface area contributed by atoms with E-state index in [-0.39, 0.29) is 0 Å². The fraction of sp³-hybridized carbons (Fsp3) is 0.0714. The number of fused-ring (bicyclic) bond motifs is 1. The second-order valence-electron chi connectivity index (χ2n) is 4.06. The molecule has 0 atom stereocenters. The van der Waals surface area contributed by atoms with Crippen molar-refractivity contribution < 1.29 is 4.74 Å². The van der Waals surface area contributed by atoms with Gasteiger partial charge in [-0.15, -0.1) is 0 Å². The van der Waals surface area contributed by atoms with Crippen LogP contribution in [-0.2, 0) is 0 Å². The molecule has 1 aromatic heterocycles. The van der Waals surface area contributed by atoms with E-state index in [1.54, 1.807) is 13.4 Å². The molecule has 0 radical (unpaired) electrons. The summed E-state index contributed by atoms with van der Waals surface area (Å²) in [6.07, 6.45) is 1.80. The third-order valence-corrected chi connectivity index (χ3v) is 2.93. The highest BCUT2D eigenvalue weighted by Gasteiger charge is 2.05. The van der Waals surface area contributed by atoms with E-state index in [2.05, 4.69) is 4.98 Å². The lowest BCUT2D eigenvalue weighted by molar-refractivity contribution is 0.415. The molecular weight excluding hydrogens is 226 g/mol. The number of aromatic nitrogens is 2. The number of nitrogens with two attached hydrogens (primary N) is 1. The molecule has 18 heavy (non-hydrogen) atoms. The average Bonchev–Trinajstić information content (AvgIpc) is 2.82. The molecule has 4 nitrogen and oxygen atoms in total. The van der Waals surface area contributed by atoms with Crippen molar-refractivity contribution >= 4 is 16.7 Å². The van der Waals surface area contributed by atoms with Crippen LogP contribution in [0.25, 0.3) is 16.7 Å². The van der Waals surface area contributed by atoms with Crippen LogP contribution in [0.4, 0.5) is 5.69 Å². The topological polar surface area (TPSA) is 53.1 Å². The van der Waals surface area contributed by atoms with Crippen LogP contribution >= 0.6 is 0 Å². The van der Waals surface area contributed by atoms with Gasteiger partial charge in [-0.2, -0.15) is 0 Å². The van der Waals surface area contributed by atoms with Gasteiger partial charge < -0.3 is 10.5 Å². The summed E-state index contributed by atoms with van der Waals surface area (Å²) < 4.78 is 7.21. The van der Waals surface area contributed by atoms with E-state index in [1.165, 1.54) is 0 Å². The maximum atomic E-state index is 5.69. The molecule has 0 saturated carbocycles. The smallest absolute Gasteiger partial charge is 0.121 e. The van der Waals surface area contributed by atoms with E-state index in [0.717, 1.165) is 28.2 Å². The van der Waals surface area contributed by atoms with E-state index in [4.69, 9.17) is 10.5 Å². The predicted molar refractivity (Wildman–Crippen MR) is 72.0 cm³/mol. The summed E-state index contributed by atoms with van der Waals surface area (Å²) in [6.45, 7) is 0. The average molecular weight is 239 g/mol. The Bertz CT molecular complexity index is 686. The van der Waals surface area contributed by atoms with Crippen LogP contribution in [0.5, 0.6) is 5.75 Å². The molecular formula is C14H13N3O. The van der Waals surface area contributed by atoms with Crippen molar-refractivity contribution in [3.05, 3.63) is 48.8 Å². The number of methoxy groups -OCH3 is 1. The monoisotopic (exact) mass is 239 g/mol. The molecule has 2 aromatic carbocycles. The van der Waals surface area contributed by atoms with Gasteiger partial charge in [-0.05, 0) is 36.4 Å². The Morgan fingerprint density at radius 2 is 1.89 bits per heavy atom. The number of benzene rings is 2. The lowest BCUT2D eigenvalue weighted by Crippen LogP contribution is -1.92. The van der Waals surface area contributed by atoms with Crippen molar-refractivity contribution in [3.63, 3.8) is 0 Å². The van der Waals surface area contributed by atoms with E-state index >= 15 is 0 Å². The lowest BCUT2D eigenvalue weighted by Gasteiger charge is -2.05. The van der Waals surface area contributed by atoms with Gasteiger partial charge in [-0.3, -0.25) is 4.57 Å². The number of nitrogen functional groups attached to an aromatic ring is 1. The first-order valence-electron chi connectivity index (χ1n) is 5.65. The van der Waals surface area contributed by atoms with E-state index in [9.17, 15) is 0 Å². The number of hydrogen-bond acceptors (Lipinski definition) is 3. The first-order valence-corrected chi connectivity index (χ1v) is 5.65. The van der Waals surface area contributed by atoms with Crippen LogP contribution in [0.3, 0.4) is 0 Å². The first-order chi connectivity index (χ1) is 8.78. The second kappa shape index (κ2) is 4.07. The number of ether oxygens (including phenoxy) is 1. The van der Waals surface area contributed by atoms with Gasteiger partial charge in [0.1, 0.15) is 12.1 Å². The Kier molecular flexibility index (Phi) is 2.41. The molecule has 0 spiro atoms. The summed E-state index contributed by atoms with van der Waals surface area (Å²) in [6, 6.07) is 13.6. The fourth-order valence-electron chi connectivity index (χ4n) is 1.96. The van der Waals surface area contributed by atoms with Crippen LogP contribution < -0.4 is 10.5 Å². The summed E-state index contributed by atoms with van der Waals surface area (Å²) in [5.41, 5.74) is 9.43. The largest absolute Gasteiger partial charge is 0.497 e. The molecule has 0 saturated heterocycles. The number of anilines is 1. The van der Waals surface area contributed by atoms with Crippen LogP contribution in [0.1, 0.15) is 0 Å². The maximum absolute atomic E-state index is 5.69. The highest BCUT2D eigenvalue weighted by atomic mass is 16.5. The van der Waals surface area contributed by atoms with Gasteiger partial charge in [0, 0.05) is 17.4 Å². The van der Waals surface area contributed by atoms with E-state index in [0.29, 0.717) is 0 Å². The SMILES string of the molecule is COc1ccc2c(c1)ncn2-c1ccc(N)cc1. The van der Waals surface area contributed by atoms with Crippen LogP contribution in [0.15, 0.2) is 48.8 Å². The zero-order valence-electron chi connectivity index (χ0n) is 10.00. The predicted octanol–water partition coefficient (Wildman–Crippen LogP) is 2.62. The highest BCUT2D eigenvalue weighted by molar-refractivity contribution is 5.79. The Balaban J connectivity index is 2.15. The first kappa shape index (κ1) is 10.7. The highest BCUT2D eigenvalue weighted by Crippen LogP contribution is 2.22. The van der Waals surface area contributed by atoms with E-state index < -0.39 is 0 Å². The van der Waals surface area contributed by atoms with Crippen LogP contribution in [-0.4, -0.2) is 16.7 Å². The summed E-state index contributed by atoms with van der Waals surface area (Å²) in [4.78, 5) is 4.38. The molecule has 0 bridgehead atoms. The lowest BCUT2D eigenvalue weighted by atomic mass is 10.2. The van der Waals surface area contributed by atoms with Gasteiger partial charge in [0.2, 0.25) is 0 Å². The molecule has 0 amide bonds. The van der Waals surface area contributed by atoms with Gasteiger partial charge in [-0.25, -0.2) is 4.98 Å². The van der Waals surface area contributed by atoms with Gasteiger partial charge in [-0.1, -0.05) is 0 Å². The van der Waals surface area contributed by atoms with Crippen molar-refractivity contribution in [3.8, 4) is 11.4 Å². The number of hydrogen-bond donors (Lipinski definition) is 1. The van der Waals surface area contributed by atoms with Gasteiger partial charge >= 0.3 is 0 Å². The molecule has 2 N–H and O–H groups in total. The van der Waals surface area contributed by atoms with Crippen molar-refractivity contribution in [2.45, 2.75) is 0 Å².